The molecule has 0 fully saturated rings. The Balaban J connectivity index is 2.90. The number of aryl methyl sites for hydroxylation is 1. The molecule has 0 atom stereocenters. The van der Waals surface area contributed by atoms with E-state index < -0.39 is 5.97 Å². The van der Waals surface area contributed by atoms with Crippen LogP contribution in [-0.4, -0.2) is 13.1 Å². The molecule has 0 saturated heterocycles. The van der Waals surface area contributed by atoms with E-state index in [1.807, 2.05) is 13.0 Å². The van der Waals surface area contributed by atoms with Crippen LogP contribution in [0.2, 0.25) is 0 Å². The third-order valence-electron chi connectivity index (χ3n) is 1.98. The summed E-state index contributed by atoms with van der Waals surface area (Å²) in [6.45, 7) is 1.86. The summed E-state index contributed by atoms with van der Waals surface area (Å²) in [4.78, 5) is 10.8. The number of esters is 1. The Morgan fingerprint density at radius 1 is 1.53 bits per heavy atom. The lowest BCUT2D eigenvalue weighted by atomic mass is 10.1. The van der Waals surface area contributed by atoms with E-state index in [2.05, 4.69) is 10.8 Å². The number of hydrogen-bond donors (Lipinski definition) is 0. The number of ether oxygens (including phenoxy) is 1. The highest BCUT2D eigenvalue weighted by Gasteiger charge is 1.97. The second-order valence-electron chi connectivity index (χ2n) is 3.04. The lowest BCUT2D eigenvalue weighted by Crippen LogP contribution is -1.93. The van der Waals surface area contributed by atoms with Gasteiger partial charge in [-0.15, -0.1) is 0 Å². The van der Waals surface area contributed by atoms with Crippen molar-refractivity contribution in [2.75, 3.05) is 7.11 Å². The molecule has 3 nitrogen and oxygen atoms in total. The van der Waals surface area contributed by atoms with Gasteiger partial charge in [0.25, 0.3) is 0 Å². The highest BCUT2D eigenvalue weighted by atomic mass is 16.5. The Hall–Kier alpha value is -2.08. The normalized spacial score (nSPS) is 9.93. The smallest absolute Gasteiger partial charge is 0.330 e. The van der Waals surface area contributed by atoms with Crippen LogP contribution in [0.4, 0.5) is 0 Å². The summed E-state index contributed by atoms with van der Waals surface area (Å²) in [5, 5.41) is 8.72. The van der Waals surface area contributed by atoms with Crippen molar-refractivity contribution in [3.63, 3.8) is 0 Å². The summed E-state index contributed by atoms with van der Waals surface area (Å²) in [6.07, 6.45) is 3.00. The minimum absolute atomic E-state index is 0.392. The van der Waals surface area contributed by atoms with E-state index in [9.17, 15) is 4.79 Å². The number of carbonyl (C=O) groups excluding carboxylic acids is 1. The first-order chi connectivity index (χ1) is 7.17. The second-order valence-corrected chi connectivity index (χ2v) is 3.04. The van der Waals surface area contributed by atoms with Gasteiger partial charge in [0, 0.05) is 6.08 Å². The van der Waals surface area contributed by atoms with Crippen molar-refractivity contribution in [1.29, 1.82) is 5.26 Å². The fourth-order valence-electron chi connectivity index (χ4n) is 1.15. The average molecular weight is 201 g/mol. The van der Waals surface area contributed by atoms with Gasteiger partial charge in [-0.1, -0.05) is 12.1 Å². The topological polar surface area (TPSA) is 50.1 Å². The number of carbonyl (C=O) groups is 1. The van der Waals surface area contributed by atoms with Gasteiger partial charge in [0.05, 0.1) is 18.7 Å². The zero-order chi connectivity index (χ0) is 11.3. The quantitative estimate of drug-likeness (QED) is 0.543. The monoisotopic (exact) mass is 201 g/mol. The van der Waals surface area contributed by atoms with Gasteiger partial charge in [-0.2, -0.15) is 5.26 Å². The van der Waals surface area contributed by atoms with Crippen molar-refractivity contribution in [2.24, 2.45) is 0 Å². The van der Waals surface area contributed by atoms with Crippen molar-refractivity contribution < 1.29 is 9.53 Å². The zero-order valence-corrected chi connectivity index (χ0v) is 8.65. The highest BCUT2D eigenvalue weighted by Crippen LogP contribution is 2.11. The van der Waals surface area contributed by atoms with Gasteiger partial charge in [-0.25, -0.2) is 4.79 Å². The number of methoxy groups -OCH3 is 1. The minimum Gasteiger partial charge on any atom is -0.466 e. The lowest BCUT2D eigenvalue weighted by Gasteiger charge is -1.98. The summed E-state index contributed by atoms with van der Waals surface area (Å²) < 4.78 is 4.47. The van der Waals surface area contributed by atoms with Crippen LogP contribution in [0.1, 0.15) is 16.7 Å². The summed E-state index contributed by atoms with van der Waals surface area (Å²) in [7, 11) is 1.33. The summed E-state index contributed by atoms with van der Waals surface area (Å²) in [6, 6.07) is 7.44. The molecule has 0 amide bonds. The Bertz CT molecular complexity index is 441. The second kappa shape index (κ2) is 4.97. The van der Waals surface area contributed by atoms with Crippen LogP contribution >= 0.6 is 0 Å². The molecular weight excluding hydrogens is 190 g/mol. The molecule has 0 unspecified atom stereocenters. The van der Waals surface area contributed by atoms with Gasteiger partial charge >= 0.3 is 5.97 Å². The molecule has 0 aliphatic carbocycles. The molecule has 15 heavy (non-hydrogen) atoms. The van der Waals surface area contributed by atoms with E-state index >= 15 is 0 Å². The molecule has 0 radical (unpaired) electrons. The first-order valence-electron chi connectivity index (χ1n) is 4.44. The van der Waals surface area contributed by atoms with Crippen LogP contribution in [-0.2, 0) is 9.53 Å². The minimum atomic E-state index is -0.392. The third kappa shape index (κ3) is 2.96. The fourth-order valence-corrected chi connectivity index (χ4v) is 1.15. The first kappa shape index (κ1) is 11.0. The molecule has 0 N–H and O–H groups in total. The van der Waals surface area contributed by atoms with Gasteiger partial charge in [0.2, 0.25) is 0 Å². The van der Waals surface area contributed by atoms with Crippen LogP contribution < -0.4 is 0 Å². The van der Waals surface area contributed by atoms with Crippen LogP contribution in [0.5, 0.6) is 0 Å². The summed E-state index contributed by atoms with van der Waals surface area (Å²) >= 11 is 0. The van der Waals surface area contributed by atoms with E-state index in [1.165, 1.54) is 13.2 Å². The number of nitrogens with zero attached hydrogens (tertiary/aromatic N) is 1. The van der Waals surface area contributed by atoms with Gasteiger partial charge in [-0.05, 0) is 30.2 Å². The van der Waals surface area contributed by atoms with Gasteiger partial charge in [-0.3, -0.25) is 0 Å². The van der Waals surface area contributed by atoms with E-state index in [0.717, 1.165) is 11.1 Å². The maximum Gasteiger partial charge on any atom is 0.330 e. The molecule has 0 saturated carbocycles. The first-order valence-corrected chi connectivity index (χ1v) is 4.44. The Morgan fingerprint density at radius 3 is 2.80 bits per heavy atom. The molecule has 0 spiro atoms. The van der Waals surface area contributed by atoms with E-state index in [-0.39, 0.29) is 0 Å². The zero-order valence-electron chi connectivity index (χ0n) is 8.65. The fraction of sp³-hybridized carbons (Fsp3) is 0.167. The van der Waals surface area contributed by atoms with Gasteiger partial charge in [0.15, 0.2) is 0 Å². The molecule has 1 aromatic rings. The Morgan fingerprint density at radius 2 is 2.27 bits per heavy atom. The number of rotatable bonds is 2. The largest absolute Gasteiger partial charge is 0.466 e. The van der Waals surface area contributed by atoms with Crippen molar-refractivity contribution in [3.8, 4) is 6.07 Å². The Labute approximate surface area is 88.6 Å². The SMILES string of the molecule is COC(=O)C=Cc1ccc(C#N)c(C)c1. The summed E-state index contributed by atoms with van der Waals surface area (Å²) in [5.41, 5.74) is 2.41. The maximum absolute atomic E-state index is 10.8. The molecule has 0 heterocycles. The molecule has 0 aliphatic heterocycles. The van der Waals surface area contributed by atoms with Crippen LogP contribution in [0, 0.1) is 18.3 Å². The van der Waals surface area contributed by atoms with Crippen molar-refractivity contribution in [1.82, 2.24) is 0 Å². The molecule has 1 rings (SSSR count). The third-order valence-corrected chi connectivity index (χ3v) is 1.98. The van der Waals surface area contributed by atoms with Crippen molar-refractivity contribution >= 4 is 12.0 Å². The highest BCUT2D eigenvalue weighted by molar-refractivity contribution is 5.86. The predicted molar refractivity (Wildman–Crippen MR) is 56.9 cm³/mol. The molecule has 76 valence electrons. The van der Waals surface area contributed by atoms with Crippen molar-refractivity contribution in [3.05, 3.63) is 41.0 Å². The maximum atomic E-state index is 10.8. The molecule has 0 aliphatic rings. The van der Waals surface area contributed by atoms with E-state index in [0.29, 0.717) is 5.56 Å². The molecule has 0 aromatic heterocycles. The molecule has 3 heteroatoms. The van der Waals surface area contributed by atoms with Gasteiger partial charge < -0.3 is 4.74 Å². The molecule has 0 bridgehead atoms. The Kier molecular flexibility index (Phi) is 3.64. The number of benzene rings is 1. The van der Waals surface area contributed by atoms with E-state index in [1.54, 1.807) is 18.2 Å². The lowest BCUT2D eigenvalue weighted by molar-refractivity contribution is -0.134. The molecule has 1 aromatic carbocycles. The van der Waals surface area contributed by atoms with Crippen LogP contribution in [0.15, 0.2) is 24.3 Å². The van der Waals surface area contributed by atoms with E-state index in [4.69, 9.17) is 5.26 Å². The van der Waals surface area contributed by atoms with Crippen LogP contribution in [0.3, 0.4) is 0 Å². The standard InChI is InChI=1S/C12H11NO2/c1-9-7-10(3-5-11(9)8-13)4-6-12(14)15-2/h3-7H,1-2H3. The number of hydrogen-bond acceptors (Lipinski definition) is 3. The average Bonchev–Trinajstić information content (AvgIpc) is 2.26. The number of nitriles is 1. The summed E-state index contributed by atoms with van der Waals surface area (Å²) in [5.74, 6) is -0.392. The van der Waals surface area contributed by atoms with Crippen LogP contribution in [0.25, 0.3) is 6.08 Å². The predicted octanol–water partition coefficient (Wildman–Crippen LogP) is 2.05. The van der Waals surface area contributed by atoms with Gasteiger partial charge in [0.1, 0.15) is 0 Å². The van der Waals surface area contributed by atoms with Crippen molar-refractivity contribution in [2.45, 2.75) is 6.92 Å². The molecular formula is C12H11NO2.